The number of aryl methyl sites for hydroxylation is 1. The largest absolute Gasteiger partial charge is 0.480 e. The van der Waals surface area contributed by atoms with Gasteiger partial charge in [-0.15, -0.1) is 0 Å². The number of nitrogens with two attached hydrogens (primary N) is 1. The third-order valence-corrected chi connectivity index (χ3v) is 5.18. The van der Waals surface area contributed by atoms with Gasteiger partial charge in [0.25, 0.3) is 5.91 Å². The summed E-state index contributed by atoms with van der Waals surface area (Å²) in [7, 11) is 1.29. The van der Waals surface area contributed by atoms with E-state index in [9.17, 15) is 27.6 Å². The summed E-state index contributed by atoms with van der Waals surface area (Å²) >= 11 is 0. The van der Waals surface area contributed by atoms with Gasteiger partial charge in [0.05, 0.1) is 36.8 Å². The Kier molecular flexibility index (Phi) is 7.87. The molecule has 0 saturated carbocycles. The number of aromatic nitrogens is 2. The van der Waals surface area contributed by atoms with Crippen molar-refractivity contribution < 1.29 is 32.3 Å². The Hall–Kier alpha value is -4.48. The van der Waals surface area contributed by atoms with Crippen molar-refractivity contribution in [3.05, 3.63) is 82.8 Å². The zero-order valence-electron chi connectivity index (χ0n) is 19.3. The van der Waals surface area contributed by atoms with Crippen LogP contribution in [0.25, 0.3) is 0 Å². The number of halogens is 3. The maximum absolute atomic E-state index is 13.1. The third-order valence-electron chi connectivity index (χ3n) is 5.18. The van der Waals surface area contributed by atoms with E-state index < -0.39 is 29.5 Å². The molecule has 9 nitrogen and oxygen atoms in total. The summed E-state index contributed by atoms with van der Waals surface area (Å²) in [6.45, 7) is 1.59. The second-order valence-corrected chi connectivity index (χ2v) is 7.72. The van der Waals surface area contributed by atoms with Crippen LogP contribution >= 0.6 is 0 Å². The van der Waals surface area contributed by atoms with Crippen molar-refractivity contribution in [2.75, 3.05) is 12.4 Å². The minimum atomic E-state index is -4.56. The molecular formula is C24H22F3N5O4. The van der Waals surface area contributed by atoms with Crippen molar-refractivity contribution in [2.45, 2.75) is 26.2 Å². The first-order chi connectivity index (χ1) is 17.0. The van der Waals surface area contributed by atoms with E-state index in [4.69, 9.17) is 10.5 Å². The van der Waals surface area contributed by atoms with Crippen LogP contribution in [0.2, 0.25) is 0 Å². The molecule has 3 aromatic rings. The quantitative estimate of drug-likeness (QED) is 0.479. The van der Waals surface area contributed by atoms with Crippen molar-refractivity contribution in [1.82, 2.24) is 14.9 Å². The van der Waals surface area contributed by atoms with Gasteiger partial charge in [-0.3, -0.25) is 19.4 Å². The normalized spacial score (nSPS) is 11.0. The van der Waals surface area contributed by atoms with Crippen molar-refractivity contribution in [3.8, 4) is 5.88 Å². The van der Waals surface area contributed by atoms with Crippen molar-refractivity contribution in [2.24, 2.45) is 5.73 Å². The minimum Gasteiger partial charge on any atom is -0.480 e. The van der Waals surface area contributed by atoms with Gasteiger partial charge < -0.3 is 20.7 Å². The third kappa shape index (κ3) is 6.34. The van der Waals surface area contributed by atoms with Gasteiger partial charge in [0.2, 0.25) is 5.88 Å². The zero-order valence-corrected chi connectivity index (χ0v) is 19.3. The van der Waals surface area contributed by atoms with E-state index in [0.717, 1.165) is 28.2 Å². The molecule has 36 heavy (non-hydrogen) atoms. The van der Waals surface area contributed by atoms with Gasteiger partial charge in [-0.25, -0.2) is 4.98 Å². The summed E-state index contributed by atoms with van der Waals surface area (Å²) in [6, 6.07) is 10.4. The molecule has 3 amide bonds. The highest BCUT2D eigenvalue weighted by molar-refractivity contribution is 6.39. The van der Waals surface area contributed by atoms with E-state index in [0.29, 0.717) is 6.20 Å². The maximum Gasteiger partial charge on any atom is 0.417 e. The Bertz CT molecular complexity index is 1280. The minimum absolute atomic E-state index is 0.00493. The lowest BCUT2D eigenvalue weighted by Gasteiger charge is -2.23. The van der Waals surface area contributed by atoms with Gasteiger partial charge in [0.15, 0.2) is 0 Å². The molecule has 2 aromatic heterocycles. The molecule has 0 aliphatic carbocycles. The average Bonchev–Trinajstić information content (AvgIpc) is 2.84. The Morgan fingerprint density at radius 3 is 2.36 bits per heavy atom. The van der Waals surface area contributed by atoms with Crippen molar-refractivity contribution >= 4 is 23.4 Å². The van der Waals surface area contributed by atoms with Gasteiger partial charge in [-0.05, 0) is 36.2 Å². The molecule has 0 radical (unpaired) electrons. The fourth-order valence-corrected chi connectivity index (χ4v) is 3.26. The van der Waals surface area contributed by atoms with E-state index in [1.807, 2.05) is 19.1 Å². The summed E-state index contributed by atoms with van der Waals surface area (Å²) in [6.07, 6.45) is -2.71. The first-order valence-corrected chi connectivity index (χ1v) is 10.5. The van der Waals surface area contributed by atoms with Gasteiger partial charge in [-0.2, -0.15) is 13.2 Å². The summed E-state index contributed by atoms with van der Waals surface area (Å²) < 4.78 is 43.6. The van der Waals surface area contributed by atoms with Crippen LogP contribution in [0.5, 0.6) is 5.88 Å². The van der Waals surface area contributed by atoms with Crippen LogP contribution < -0.4 is 15.8 Å². The average molecular weight is 501 g/mol. The predicted octanol–water partition coefficient (Wildman–Crippen LogP) is 3.08. The smallest absolute Gasteiger partial charge is 0.417 e. The number of ether oxygens (including phenoxy) is 1. The summed E-state index contributed by atoms with van der Waals surface area (Å²) in [5.41, 5.74) is 6.01. The SMILES string of the molecule is COc1ncc(NC(=O)C(=O)N(Cc2ccc(C(F)(F)F)cn2)Cc2ccccc2C)cc1C(N)=O. The molecule has 3 N–H and O–H groups in total. The van der Waals surface area contributed by atoms with Crippen LogP contribution in [0.3, 0.4) is 0 Å². The summed E-state index contributed by atoms with van der Waals surface area (Å²) in [4.78, 5) is 46.4. The molecule has 0 fully saturated rings. The lowest BCUT2D eigenvalue weighted by atomic mass is 10.1. The van der Waals surface area contributed by atoms with E-state index in [-0.39, 0.29) is 35.9 Å². The van der Waals surface area contributed by atoms with E-state index in [1.165, 1.54) is 19.4 Å². The molecule has 0 aliphatic rings. The van der Waals surface area contributed by atoms with E-state index >= 15 is 0 Å². The molecule has 2 heterocycles. The molecule has 0 unspecified atom stereocenters. The molecule has 0 atom stereocenters. The lowest BCUT2D eigenvalue weighted by Crippen LogP contribution is -2.39. The highest BCUT2D eigenvalue weighted by atomic mass is 19.4. The zero-order chi connectivity index (χ0) is 26.5. The predicted molar refractivity (Wildman–Crippen MR) is 123 cm³/mol. The van der Waals surface area contributed by atoms with Gasteiger partial charge in [-0.1, -0.05) is 24.3 Å². The fraction of sp³-hybridized carbons (Fsp3) is 0.208. The molecule has 0 saturated heterocycles. The van der Waals surface area contributed by atoms with Gasteiger partial charge >= 0.3 is 18.0 Å². The molecule has 1 aromatic carbocycles. The molecule has 188 valence electrons. The number of nitrogens with zero attached hydrogens (tertiary/aromatic N) is 3. The second kappa shape index (κ2) is 10.8. The van der Waals surface area contributed by atoms with E-state index in [1.54, 1.807) is 12.1 Å². The number of methoxy groups -OCH3 is 1. The standard InChI is InChI=1S/C24H22F3N5O4/c1-14-5-3-4-6-15(14)12-32(13-17-8-7-16(10-29-17)24(25,26)27)23(35)21(34)31-18-9-19(20(28)33)22(36-2)30-11-18/h3-11H,12-13H2,1-2H3,(H2,28,33)(H,31,34). The van der Waals surface area contributed by atoms with Crippen LogP contribution in [0.4, 0.5) is 18.9 Å². The van der Waals surface area contributed by atoms with Crippen molar-refractivity contribution in [1.29, 1.82) is 0 Å². The Balaban J connectivity index is 1.86. The number of hydrogen-bond acceptors (Lipinski definition) is 6. The fourth-order valence-electron chi connectivity index (χ4n) is 3.26. The number of alkyl halides is 3. The number of benzene rings is 1. The monoisotopic (exact) mass is 501 g/mol. The first-order valence-electron chi connectivity index (χ1n) is 10.5. The number of primary amides is 1. The number of rotatable bonds is 7. The number of carbonyl (C=O) groups excluding carboxylic acids is 3. The number of nitrogens with one attached hydrogen (secondary N) is 1. The van der Waals surface area contributed by atoms with Crippen LogP contribution in [0.1, 0.15) is 32.7 Å². The van der Waals surface area contributed by atoms with Gasteiger partial charge in [0.1, 0.15) is 5.56 Å². The summed E-state index contributed by atoms with van der Waals surface area (Å²) in [5, 5.41) is 2.36. The van der Waals surface area contributed by atoms with E-state index in [2.05, 4.69) is 15.3 Å². The second-order valence-electron chi connectivity index (χ2n) is 7.72. The molecule has 0 aliphatic heterocycles. The lowest BCUT2D eigenvalue weighted by molar-refractivity contribution is -0.144. The van der Waals surface area contributed by atoms with Crippen LogP contribution in [0, 0.1) is 6.92 Å². The highest BCUT2D eigenvalue weighted by Gasteiger charge is 2.31. The molecule has 0 bridgehead atoms. The highest BCUT2D eigenvalue weighted by Crippen LogP contribution is 2.28. The number of amides is 3. The Morgan fingerprint density at radius 2 is 1.78 bits per heavy atom. The first kappa shape index (κ1) is 26.1. The molecule has 3 rings (SSSR count). The Labute approximate surface area is 204 Å². The van der Waals surface area contributed by atoms with Crippen LogP contribution in [-0.4, -0.2) is 39.7 Å². The van der Waals surface area contributed by atoms with Gasteiger partial charge in [0, 0.05) is 12.7 Å². The topological polar surface area (TPSA) is 128 Å². The number of carbonyl (C=O) groups is 3. The van der Waals surface area contributed by atoms with Crippen LogP contribution in [-0.2, 0) is 28.9 Å². The summed E-state index contributed by atoms with van der Waals surface area (Å²) in [5.74, 6) is -2.94. The number of anilines is 1. The Morgan fingerprint density at radius 1 is 1.06 bits per heavy atom. The maximum atomic E-state index is 13.1. The molecule has 0 spiro atoms. The number of pyridine rings is 2. The van der Waals surface area contributed by atoms with Crippen LogP contribution in [0.15, 0.2) is 54.9 Å². The molecular weight excluding hydrogens is 479 g/mol. The van der Waals surface area contributed by atoms with Crippen molar-refractivity contribution in [3.63, 3.8) is 0 Å². The molecule has 12 heteroatoms. The number of hydrogen-bond donors (Lipinski definition) is 2.